The van der Waals surface area contributed by atoms with Gasteiger partial charge in [0.25, 0.3) is 0 Å². The lowest BCUT2D eigenvalue weighted by molar-refractivity contribution is 0.0696. The molecule has 3 N–H and O–H groups in total. The first-order valence-electron chi connectivity index (χ1n) is 5.33. The largest absolute Gasteiger partial charge is 0.478 e. The number of aromatic amines is 1. The van der Waals surface area contributed by atoms with Crippen LogP contribution in [-0.2, 0) is 0 Å². The van der Waals surface area contributed by atoms with E-state index >= 15 is 0 Å². The van der Waals surface area contributed by atoms with Crippen LogP contribution in [0, 0.1) is 11.3 Å². The van der Waals surface area contributed by atoms with Gasteiger partial charge in [-0.15, -0.1) is 0 Å². The van der Waals surface area contributed by atoms with Crippen molar-refractivity contribution < 1.29 is 9.90 Å². The fraction of sp³-hybridized carbons (Fsp3) is 0. The zero-order valence-corrected chi connectivity index (χ0v) is 9.68. The lowest BCUT2D eigenvalue weighted by Crippen LogP contribution is -2.11. The van der Waals surface area contributed by atoms with Crippen LogP contribution in [0.4, 0.5) is 11.5 Å². The number of nitriles is 1. The molecule has 0 amide bonds. The average Bonchev–Trinajstić information content (AvgIpc) is 2.39. The SMILES string of the molecule is N#Cc1ccc(Nc2cc(C(=O)O)cc(=O)[nH]2)cc1. The minimum atomic E-state index is -1.17. The van der Waals surface area contributed by atoms with Crippen molar-refractivity contribution in [3.05, 3.63) is 57.9 Å². The van der Waals surface area contributed by atoms with Gasteiger partial charge in [0.15, 0.2) is 0 Å². The second kappa shape index (κ2) is 5.06. The van der Waals surface area contributed by atoms with Gasteiger partial charge in [0, 0.05) is 11.8 Å². The number of aromatic carboxylic acids is 1. The van der Waals surface area contributed by atoms with E-state index in [0.717, 1.165) is 6.07 Å². The van der Waals surface area contributed by atoms with Crippen LogP contribution >= 0.6 is 0 Å². The molecule has 0 aliphatic carbocycles. The number of anilines is 2. The summed E-state index contributed by atoms with van der Waals surface area (Å²) < 4.78 is 0. The third kappa shape index (κ3) is 2.98. The van der Waals surface area contributed by atoms with Crippen LogP contribution in [0.3, 0.4) is 0 Å². The zero-order chi connectivity index (χ0) is 13.8. The van der Waals surface area contributed by atoms with Crippen molar-refractivity contribution in [1.82, 2.24) is 4.98 Å². The maximum Gasteiger partial charge on any atom is 0.336 e. The predicted octanol–water partition coefficient (Wildman–Crippen LogP) is 1.69. The summed E-state index contributed by atoms with van der Waals surface area (Å²) in [6.45, 7) is 0. The topological polar surface area (TPSA) is 106 Å². The molecule has 0 bridgehead atoms. The second-order valence-corrected chi connectivity index (χ2v) is 3.77. The third-order valence-corrected chi connectivity index (χ3v) is 2.38. The predicted molar refractivity (Wildman–Crippen MR) is 68.5 cm³/mol. The molecule has 1 aromatic carbocycles. The molecule has 1 aromatic heterocycles. The first-order chi connectivity index (χ1) is 9.08. The van der Waals surface area contributed by atoms with Crippen LogP contribution < -0.4 is 10.9 Å². The lowest BCUT2D eigenvalue weighted by Gasteiger charge is -2.06. The van der Waals surface area contributed by atoms with Crippen LogP contribution in [0.1, 0.15) is 15.9 Å². The van der Waals surface area contributed by atoms with Crippen molar-refractivity contribution in [2.75, 3.05) is 5.32 Å². The van der Waals surface area contributed by atoms with Crippen LogP contribution in [0.15, 0.2) is 41.2 Å². The van der Waals surface area contributed by atoms with E-state index in [2.05, 4.69) is 10.3 Å². The Hall–Kier alpha value is -3.07. The number of rotatable bonds is 3. The van der Waals surface area contributed by atoms with Crippen molar-refractivity contribution in [2.24, 2.45) is 0 Å². The molecule has 0 aliphatic heterocycles. The van der Waals surface area contributed by atoms with E-state index in [9.17, 15) is 9.59 Å². The normalized spacial score (nSPS) is 9.63. The van der Waals surface area contributed by atoms with E-state index in [-0.39, 0.29) is 11.4 Å². The maximum absolute atomic E-state index is 11.3. The summed E-state index contributed by atoms with van der Waals surface area (Å²) in [5.74, 6) is -0.899. The smallest absolute Gasteiger partial charge is 0.336 e. The van der Waals surface area contributed by atoms with Gasteiger partial charge >= 0.3 is 5.97 Å². The maximum atomic E-state index is 11.3. The highest BCUT2D eigenvalue weighted by Crippen LogP contribution is 2.15. The summed E-state index contributed by atoms with van der Waals surface area (Å²) in [7, 11) is 0. The van der Waals surface area contributed by atoms with Crippen molar-refractivity contribution in [1.29, 1.82) is 5.26 Å². The molecule has 0 fully saturated rings. The summed E-state index contributed by atoms with van der Waals surface area (Å²) >= 11 is 0. The van der Waals surface area contributed by atoms with Crippen LogP contribution in [0.5, 0.6) is 0 Å². The van der Waals surface area contributed by atoms with E-state index < -0.39 is 11.5 Å². The summed E-state index contributed by atoms with van der Waals surface area (Å²) in [6, 6.07) is 10.9. The molecule has 0 aliphatic rings. The molecule has 6 nitrogen and oxygen atoms in total. The number of carboxylic acids is 1. The Morgan fingerprint density at radius 1 is 1.26 bits per heavy atom. The number of nitrogens with zero attached hydrogens (tertiary/aromatic N) is 1. The Bertz CT molecular complexity index is 711. The first-order valence-corrected chi connectivity index (χ1v) is 5.33. The van der Waals surface area contributed by atoms with Crippen molar-refractivity contribution in [3.63, 3.8) is 0 Å². The molecule has 0 saturated heterocycles. The Labute approximate surface area is 107 Å². The Morgan fingerprint density at radius 3 is 2.53 bits per heavy atom. The van der Waals surface area contributed by atoms with E-state index in [1.54, 1.807) is 24.3 Å². The van der Waals surface area contributed by atoms with Gasteiger partial charge in [-0.2, -0.15) is 5.26 Å². The molecule has 0 spiro atoms. The van der Waals surface area contributed by atoms with E-state index in [1.165, 1.54) is 6.07 Å². The zero-order valence-electron chi connectivity index (χ0n) is 9.68. The number of hydrogen-bond acceptors (Lipinski definition) is 4. The summed E-state index contributed by atoms with van der Waals surface area (Å²) in [5, 5.41) is 20.4. The quantitative estimate of drug-likeness (QED) is 0.773. The molecule has 0 atom stereocenters. The van der Waals surface area contributed by atoms with E-state index in [1.807, 2.05) is 6.07 Å². The Morgan fingerprint density at radius 2 is 1.95 bits per heavy atom. The van der Waals surface area contributed by atoms with Crippen molar-refractivity contribution >= 4 is 17.5 Å². The van der Waals surface area contributed by atoms with Crippen LogP contribution in [0.2, 0.25) is 0 Å². The van der Waals surface area contributed by atoms with Crippen molar-refractivity contribution in [3.8, 4) is 6.07 Å². The number of aromatic nitrogens is 1. The number of nitrogens with one attached hydrogen (secondary N) is 2. The summed E-state index contributed by atoms with van der Waals surface area (Å²) in [6.07, 6.45) is 0. The molecule has 94 valence electrons. The van der Waals surface area contributed by atoms with Crippen LogP contribution in [-0.4, -0.2) is 16.1 Å². The average molecular weight is 255 g/mol. The molecule has 2 aromatic rings. The molecule has 6 heteroatoms. The monoisotopic (exact) mass is 255 g/mol. The lowest BCUT2D eigenvalue weighted by atomic mass is 10.2. The van der Waals surface area contributed by atoms with Crippen LogP contribution in [0.25, 0.3) is 0 Å². The van der Waals surface area contributed by atoms with Crippen molar-refractivity contribution in [2.45, 2.75) is 0 Å². The number of H-pyrrole nitrogens is 1. The minimum Gasteiger partial charge on any atom is -0.478 e. The molecule has 0 saturated carbocycles. The van der Waals surface area contributed by atoms with Gasteiger partial charge in [-0.05, 0) is 30.3 Å². The third-order valence-electron chi connectivity index (χ3n) is 2.38. The minimum absolute atomic E-state index is 0.0973. The van der Waals surface area contributed by atoms with Gasteiger partial charge in [-0.25, -0.2) is 4.79 Å². The molecule has 19 heavy (non-hydrogen) atoms. The highest BCUT2D eigenvalue weighted by atomic mass is 16.4. The highest BCUT2D eigenvalue weighted by Gasteiger charge is 2.06. The summed E-state index contributed by atoms with van der Waals surface area (Å²) in [5.41, 5.74) is 0.548. The second-order valence-electron chi connectivity index (χ2n) is 3.77. The molecule has 1 heterocycles. The molecule has 2 rings (SSSR count). The summed E-state index contributed by atoms with van der Waals surface area (Å²) in [4.78, 5) is 24.6. The molecule has 0 unspecified atom stereocenters. The Balaban J connectivity index is 2.30. The molecular formula is C13H9N3O3. The van der Waals surface area contributed by atoms with Gasteiger partial charge in [0.05, 0.1) is 17.2 Å². The van der Waals surface area contributed by atoms with Gasteiger partial charge < -0.3 is 15.4 Å². The molecule has 0 radical (unpaired) electrons. The Kier molecular flexibility index (Phi) is 3.30. The van der Waals surface area contributed by atoms with Gasteiger partial charge in [-0.3, -0.25) is 4.79 Å². The number of benzene rings is 1. The first kappa shape index (κ1) is 12.4. The molecular weight excluding hydrogens is 246 g/mol. The fourth-order valence-electron chi connectivity index (χ4n) is 1.52. The standard InChI is InChI=1S/C13H9N3O3/c14-7-8-1-3-10(4-2-8)15-11-5-9(13(18)19)6-12(17)16-11/h1-6H,(H,18,19)(H2,15,16,17). The number of pyridine rings is 1. The number of carboxylic acid groups (broad SMARTS) is 1. The van der Waals surface area contributed by atoms with E-state index in [0.29, 0.717) is 11.3 Å². The van der Waals surface area contributed by atoms with Gasteiger partial charge in [-0.1, -0.05) is 0 Å². The number of carbonyl (C=O) groups is 1. The number of hydrogen-bond donors (Lipinski definition) is 3. The van der Waals surface area contributed by atoms with Gasteiger partial charge in [0.1, 0.15) is 5.82 Å². The van der Waals surface area contributed by atoms with Gasteiger partial charge in [0.2, 0.25) is 5.56 Å². The van der Waals surface area contributed by atoms with E-state index in [4.69, 9.17) is 10.4 Å². The highest BCUT2D eigenvalue weighted by molar-refractivity contribution is 5.88. The fourth-order valence-corrected chi connectivity index (χ4v) is 1.52.